The van der Waals surface area contributed by atoms with Crippen molar-refractivity contribution in [2.24, 2.45) is 0 Å². The maximum absolute atomic E-state index is 4.05. The van der Waals surface area contributed by atoms with Crippen molar-refractivity contribution in [3.8, 4) is 0 Å². The molecule has 1 aromatic heterocycles. The van der Waals surface area contributed by atoms with Gasteiger partial charge in [-0.2, -0.15) is 5.10 Å². The van der Waals surface area contributed by atoms with Gasteiger partial charge in [-0.1, -0.05) is 13.1 Å². The Bertz CT molecular complexity index is 145. The summed E-state index contributed by atoms with van der Waals surface area (Å²) < 4.78 is 0. The van der Waals surface area contributed by atoms with Gasteiger partial charge in [0.15, 0.2) is 0 Å². The van der Waals surface area contributed by atoms with Gasteiger partial charge in [0.1, 0.15) is 0 Å². The third-order valence-corrected chi connectivity index (χ3v) is 2.62. The van der Waals surface area contributed by atoms with Crippen LogP contribution in [0.4, 0.5) is 0 Å². The quantitative estimate of drug-likeness (QED) is 0.531. The highest BCUT2D eigenvalue weighted by molar-refractivity contribution is 6.69. The van der Waals surface area contributed by atoms with Gasteiger partial charge in [-0.15, -0.1) is 0 Å². The molecule has 0 saturated heterocycles. The fraction of sp³-hybridized carbons (Fsp3) is 0.400. The molecule has 0 bridgehead atoms. The van der Waals surface area contributed by atoms with Gasteiger partial charge >= 0.3 is 0 Å². The molecule has 1 N–H and O–H groups in total. The second kappa shape index (κ2) is 2.13. The van der Waals surface area contributed by atoms with Crippen LogP contribution < -0.4 is 5.32 Å². The minimum atomic E-state index is -0.622. The van der Waals surface area contributed by atoms with Crippen molar-refractivity contribution >= 4 is 14.1 Å². The van der Waals surface area contributed by atoms with Crippen LogP contribution in [0.15, 0.2) is 12.3 Å². The molecule has 0 aliphatic rings. The van der Waals surface area contributed by atoms with Crippen LogP contribution in [-0.4, -0.2) is 19.0 Å². The second-order valence-corrected chi connectivity index (χ2v) is 5.05. The molecular weight excluding hydrogens is 116 g/mol. The number of hydrogen-bond acceptors (Lipinski definition) is 1. The lowest BCUT2D eigenvalue weighted by Crippen LogP contribution is -2.23. The summed E-state index contributed by atoms with van der Waals surface area (Å²) in [6, 6.07) is 2.05. The van der Waals surface area contributed by atoms with Crippen LogP contribution in [0.5, 0.6) is 0 Å². The number of H-pyrrole nitrogens is 1. The van der Waals surface area contributed by atoms with Crippen LogP contribution >= 0.6 is 0 Å². The van der Waals surface area contributed by atoms with E-state index in [0.717, 1.165) is 0 Å². The predicted octanol–water partition coefficient (Wildman–Crippen LogP) is 0.103. The third kappa shape index (κ3) is 0.978. The van der Waals surface area contributed by atoms with Crippen LogP contribution in [0.2, 0.25) is 13.1 Å². The average molecular weight is 126 g/mol. The lowest BCUT2D eigenvalue weighted by molar-refractivity contribution is 1.11. The van der Waals surface area contributed by atoms with E-state index >= 15 is 0 Å². The van der Waals surface area contributed by atoms with Gasteiger partial charge in [-0.05, 0) is 6.07 Å². The first-order chi connectivity index (χ1) is 3.80. The standard InChI is InChI=1S/C5H10N2Si/c1-8(2)5-3-4-6-7-5/h3-4,8H,1-2H3,(H,6,7). The van der Waals surface area contributed by atoms with Crippen molar-refractivity contribution in [1.29, 1.82) is 0 Å². The Balaban J connectivity index is 2.77. The zero-order chi connectivity index (χ0) is 5.98. The number of nitrogens with one attached hydrogen (secondary N) is 1. The van der Waals surface area contributed by atoms with Gasteiger partial charge in [0, 0.05) is 11.5 Å². The number of aromatic nitrogens is 2. The van der Waals surface area contributed by atoms with Crippen molar-refractivity contribution in [3.05, 3.63) is 12.3 Å². The second-order valence-electron chi connectivity index (χ2n) is 2.15. The molecule has 8 heavy (non-hydrogen) atoms. The average Bonchev–Trinajstić information content (AvgIpc) is 2.12. The molecule has 0 fully saturated rings. The molecular formula is C5H10N2Si. The third-order valence-electron chi connectivity index (χ3n) is 1.11. The minimum absolute atomic E-state index is 0.622. The van der Waals surface area contributed by atoms with Gasteiger partial charge < -0.3 is 0 Å². The van der Waals surface area contributed by atoms with E-state index in [4.69, 9.17) is 0 Å². The van der Waals surface area contributed by atoms with Gasteiger partial charge in [0.05, 0.1) is 8.80 Å². The Morgan fingerprint density at radius 2 is 2.38 bits per heavy atom. The van der Waals surface area contributed by atoms with E-state index in [0.29, 0.717) is 0 Å². The van der Waals surface area contributed by atoms with E-state index in [-0.39, 0.29) is 0 Å². The molecule has 0 amide bonds. The highest BCUT2D eigenvalue weighted by atomic mass is 28.3. The Labute approximate surface area is 50.5 Å². The summed E-state index contributed by atoms with van der Waals surface area (Å²) in [6.45, 7) is 4.52. The first kappa shape index (κ1) is 5.56. The van der Waals surface area contributed by atoms with Crippen molar-refractivity contribution in [2.45, 2.75) is 13.1 Å². The number of aromatic amines is 1. The highest BCUT2D eigenvalue weighted by Gasteiger charge is 1.99. The number of nitrogens with zero attached hydrogens (tertiary/aromatic N) is 1. The van der Waals surface area contributed by atoms with Crippen LogP contribution in [0.3, 0.4) is 0 Å². The topological polar surface area (TPSA) is 28.7 Å². The molecule has 0 atom stereocenters. The largest absolute Gasteiger partial charge is 0.286 e. The number of rotatable bonds is 1. The SMILES string of the molecule is C[SiH](C)c1cc[nH]n1. The molecule has 44 valence electrons. The van der Waals surface area contributed by atoms with Crippen molar-refractivity contribution in [1.82, 2.24) is 10.2 Å². The molecule has 0 radical (unpaired) electrons. The van der Waals surface area contributed by atoms with E-state index < -0.39 is 8.80 Å². The van der Waals surface area contributed by atoms with Crippen LogP contribution in [0.1, 0.15) is 0 Å². The molecule has 0 unspecified atom stereocenters. The molecule has 0 spiro atoms. The molecule has 0 aliphatic heterocycles. The predicted molar refractivity (Wildman–Crippen MR) is 37.1 cm³/mol. The summed E-state index contributed by atoms with van der Waals surface area (Å²) in [4.78, 5) is 0. The van der Waals surface area contributed by atoms with Crippen molar-refractivity contribution in [3.63, 3.8) is 0 Å². The molecule has 0 aromatic carbocycles. The Kier molecular flexibility index (Phi) is 1.48. The van der Waals surface area contributed by atoms with Crippen LogP contribution in [-0.2, 0) is 0 Å². The van der Waals surface area contributed by atoms with Crippen LogP contribution in [0, 0.1) is 0 Å². The highest BCUT2D eigenvalue weighted by Crippen LogP contribution is 1.78. The fourth-order valence-electron chi connectivity index (χ4n) is 0.593. The summed E-state index contributed by atoms with van der Waals surface area (Å²) in [5.74, 6) is 0. The molecule has 1 rings (SSSR count). The maximum atomic E-state index is 4.05. The number of hydrogen-bond donors (Lipinski definition) is 1. The van der Waals surface area contributed by atoms with E-state index in [1.165, 1.54) is 5.32 Å². The van der Waals surface area contributed by atoms with Gasteiger partial charge in [-0.25, -0.2) is 0 Å². The lowest BCUT2D eigenvalue weighted by atomic mass is 10.8. The summed E-state index contributed by atoms with van der Waals surface area (Å²) in [7, 11) is -0.622. The fourth-order valence-corrected chi connectivity index (χ4v) is 1.41. The van der Waals surface area contributed by atoms with E-state index in [1.54, 1.807) is 0 Å². The van der Waals surface area contributed by atoms with E-state index in [2.05, 4.69) is 29.4 Å². The Morgan fingerprint density at radius 3 is 2.62 bits per heavy atom. The lowest BCUT2D eigenvalue weighted by Gasteiger charge is -1.91. The zero-order valence-electron chi connectivity index (χ0n) is 5.18. The zero-order valence-corrected chi connectivity index (χ0v) is 6.33. The Hall–Kier alpha value is -0.573. The maximum Gasteiger partial charge on any atom is 0.0908 e. The van der Waals surface area contributed by atoms with E-state index in [9.17, 15) is 0 Å². The summed E-state index contributed by atoms with van der Waals surface area (Å²) >= 11 is 0. The molecule has 0 saturated carbocycles. The monoisotopic (exact) mass is 126 g/mol. The van der Waals surface area contributed by atoms with Crippen molar-refractivity contribution in [2.75, 3.05) is 0 Å². The summed E-state index contributed by atoms with van der Waals surface area (Å²) in [6.07, 6.45) is 1.88. The summed E-state index contributed by atoms with van der Waals surface area (Å²) in [5, 5.41) is 8.12. The molecule has 0 aliphatic carbocycles. The molecule has 3 heteroatoms. The Morgan fingerprint density at radius 1 is 1.62 bits per heavy atom. The molecule has 2 nitrogen and oxygen atoms in total. The summed E-state index contributed by atoms with van der Waals surface area (Å²) in [5.41, 5.74) is 0. The molecule has 1 aromatic rings. The van der Waals surface area contributed by atoms with E-state index in [1.807, 2.05) is 6.20 Å². The first-order valence-corrected chi connectivity index (χ1v) is 5.69. The normalized spacial score (nSPS) is 10.4. The molecule has 1 heterocycles. The van der Waals surface area contributed by atoms with Gasteiger partial charge in [0.2, 0.25) is 0 Å². The van der Waals surface area contributed by atoms with Crippen molar-refractivity contribution < 1.29 is 0 Å². The van der Waals surface area contributed by atoms with Gasteiger partial charge in [0.25, 0.3) is 0 Å². The van der Waals surface area contributed by atoms with Gasteiger partial charge in [-0.3, -0.25) is 5.10 Å². The minimum Gasteiger partial charge on any atom is -0.286 e. The first-order valence-electron chi connectivity index (χ1n) is 2.80. The van der Waals surface area contributed by atoms with Crippen LogP contribution in [0.25, 0.3) is 0 Å². The smallest absolute Gasteiger partial charge is 0.0908 e.